The third-order valence-electron chi connectivity index (χ3n) is 6.66. The van der Waals surface area contributed by atoms with Gasteiger partial charge in [0.05, 0.1) is 17.2 Å². The van der Waals surface area contributed by atoms with Crippen LogP contribution in [0.1, 0.15) is 44.9 Å². The lowest BCUT2D eigenvalue weighted by Gasteiger charge is -2.41. The number of ether oxygens (including phenoxy) is 1. The molecule has 2 heterocycles. The van der Waals surface area contributed by atoms with E-state index in [1.807, 2.05) is 9.80 Å². The minimum absolute atomic E-state index is 0.123. The lowest BCUT2D eigenvalue weighted by Crippen LogP contribution is -2.50. The van der Waals surface area contributed by atoms with Crippen molar-refractivity contribution in [1.82, 2.24) is 4.90 Å². The topological polar surface area (TPSA) is 53.0 Å². The van der Waals surface area contributed by atoms with E-state index in [0.29, 0.717) is 25.3 Å². The molecular weight excluding hydrogens is 385 g/mol. The molecule has 160 valence electrons. The number of anilines is 1. The van der Waals surface area contributed by atoms with Crippen molar-refractivity contribution in [3.63, 3.8) is 0 Å². The second-order valence-electron chi connectivity index (χ2n) is 8.53. The van der Waals surface area contributed by atoms with Gasteiger partial charge in [-0.05, 0) is 57.1 Å². The van der Waals surface area contributed by atoms with Crippen LogP contribution in [0, 0.1) is 5.41 Å². The van der Waals surface area contributed by atoms with E-state index in [-0.39, 0.29) is 23.8 Å². The van der Waals surface area contributed by atoms with Gasteiger partial charge in [0.1, 0.15) is 0 Å². The lowest BCUT2D eigenvalue weighted by molar-refractivity contribution is -0.274. The predicted octanol–water partition coefficient (Wildman–Crippen LogP) is 3.71. The third kappa shape index (κ3) is 4.17. The maximum Gasteiger partial charge on any atom is 0.573 e. The van der Waals surface area contributed by atoms with Gasteiger partial charge < -0.3 is 19.6 Å². The molecule has 1 saturated carbocycles. The van der Waals surface area contributed by atoms with E-state index < -0.39 is 11.8 Å². The Morgan fingerprint density at radius 1 is 1.07 bits per heavy atom. The number of hydrogen-bond acceptors (Lipinski definition) is 4. The fraction of sp³-hybridized carbons (Fsp3) is 0.667. The molecule has 0 unspecified atom stereocenters. The van der Waals surface area contributed by atoms with Gasteiger partial charge in [-0.3, -0.25) is 4.79 Å². The van der Waals surface area contributed by atoms with Gasteiger partial charge in [0, 0.05) is 25.7 Å². The van der Waals surface area contributed by atoms with E-state index in [0.717, 1.165) is 44.9 Å². The molecule has 8 heteroatoms. The van der Waals surface area contributed by atoms with Gasteiger partial charge in [0.15, 0.2) is 5.75 Å². The second-order valence-corrected chi connectivity index (χ2v) is 8.53. The first-order valence-corrected chi connectivity index (χ1v) is 10.4. The minimum Gasteiger partial charge on any atom is -0.404 e. The number of aliphatic hydroxyl groups excluding tert-OH is 1. The smallest absolute Gasteiger partial charge is 0.404 e. The number of aliphatic hydroxyl groups is 1. The van der Waals surface area contributed by atoms with Crippen molar-refractivity contribution >= 4 is 11.6 Å². The Morgan fingerprint density at radius 3 is 2.52 bits per heavy atom. The van der Waals surface area contributed by atoms with Crippen LogP contribution >= 0.6 is 0 Å². The number of para-hydroxylation sites is 2. The summed E-state index contributed by atoms with van der Waals surface area (Å²) in [5.41, 5.74) is -0.157. The number of carbonyl (C=O) groups is 1. The van der Waals surface area contributed by atoms with Crippen LogP contribution < -0.4 is 9.64 Å². The van der Waals surface area contributed by atoms with Crippen molar-refractivity contribution < 1.29 is 27.8 Å². The van der Waals surface area contributed by atoms with Crippen LogP contribution in [0.5, 0.6) is 5.75 Å². The standard InChI is InChI=1S/C21H27F3N2O3/c22-21(23,24)29-18-5-2-1-4-17(18)25-12-3-10-20(14-25)11-13-26(19(20)28)15-6-8-16(27)9-7-15/h1-2,4-5,15-16,27H,3,6-14H2/t15?,16?,20-/m0/s1. The number of alkyl halides is 3. The molecule has 2 aliphatic heterocycles. The summed E-state index contributed by atoms with van der Waals surface area (Å²) in [5.74, 6) is -0.0987. The number of nitrogens with zero attached hydrogens (tertiary/aromatic N) is 2. The summed E-state index contributed by atoms with van der Waals surface area (Å²) >= 11 is 0. The third-order valence-corrected chi connectivity index (χ3v) is 6.66. The van der Waals surface area contributed by atoms with Crippen molar-refractivity contribution in [2.45, 2.75) is 63.5 Å². The summed E-state index contributed by atoms with van der Waals surface area (Å²) in [6.45, 7) is 1.70. The SMILES string of the molecule is O=C1N(C2CCC(O)CC2)CC[C@]12CCCN(c1ccccc1OC(F)(F)F)C2. The zero-order valence-corrected chi connectivity index (χ0v) is 16.3. The summed E-state index contributed by atoms with van der Waals surface area (Å²) in [6, 6.07) is 6.32. The van der Waals surface area contributed by atoms with E-state index in [1.54, 1.807) is 12.1 Å². The molecule has 1 atom stereocenters. The van der Waals surface area contributed by atoms with E-state index in [9.17, 15) is 23.1 Å². The molecule has 1 spiro atoms. The van der Waals surface area contributed by atoms with E-state index in [2.05, 4.69) is 4.74 Å². The van der Waals surface area contributed by atoms with Crippen LogP contribution in [0.25, 0.3) is 0 Å². The molecule has 2 saturated heterocycles. The van der Waals surface area contributed by atoms with Crippen LogP contribution in [0.4, 0.5) is 18.9 Å². The molecule has 29 heavy (non-hydrogen) atoms. The molecule has 0 bridgehead atoms. The maximum atomic E-state index is 13.4. The fourth-order valence-corrected chi connectivity index (χ4v) is 5.21. The van der Waals surface area contributed by atoms with Crippen molar-refractivity contribution in [3.8, 4) is 5.75 Å². The van der Waals surface area contributed by atoms with Gasteiger partial charge >= 0.3 is 6.36 Å². The first-order valence-electron chi connectivity index (χ1n) is 10.4. The van der Waals surface area contributed by atoms with E-state index in [4.69, 9.17) is 0 Å². The highest BCUT2D eigenvalue weighted by atomic mass is 19.4. The van der Waals surface area contributed by atoms with E-state index in [1.165, 1.54) is 12.1 Å². The Morgan fingerprint density at radius 2 is 1.79 bits per heavy atom. The minimum atomic E-state index is -4.75. The highest BCUT2D eigenvalue weighted by Crippen LogP contribution is 2.45. The molecule has 4 rings (SSSR count). The molecule has 1 aliphatic carbocycles. The summed E-state index contributed by atoms with van der Waals surface area (Å²) in [6.07, 6.45) is 0.279. The molecule has 0 aromatic heterocycles. The quantitative estimate of drug-likeness (QED) is 0.823. The van der Waals surface area contributed by atoms with Gasteiger partial charge in [-0.15, -0.1) is 13.2 Å². The number of halogens is 3. The Kier molecular flexibility index (Phi) is 5.40. The van der Waals surface area contributed by atoms with Crippen LogP contribution in [0.2, 0.25) is 0 Å². The zero-order chi connectivity index (χ0) is 20.6. The molecule has 5 nitrogen and oxygen atoms in total. The number of benzene rings is 1. The average Bonchev–Trinajstić information content (AvgIpc) is 2.98. The van der Waals surface area contributed by atoms with Crippen LogP contribution in [-0.4, -0.2) is 54.1 Å². The molecule has 1 amide bonds. The monoisotopic (exact) mass is 412 g/mol. The van der Waals surface area contributed by atoms with Gasteiger partial charge in [-0.25, -0.2) is 0 Å². The van der Waals surface area contributed by atoms with Crippen molar-refractivity contribution in [2.24, 2.45) is 5.41 Å². The number of likely N-dealkylation sites (tertiary alicyclic amines) is 1. The van der Waals surface area contributed by atoms with Gasteiger partial charge in [0.25, 0.3) is 0 Å². The van der Waals surface area contributed by atoms with Gasteiger partial charge in [0.2, 0.25) is 5.91 Å². The Bertz CT molecular complexity index is 749. The van der Waals surface area contributed by atoms with Gasteiger partial charge in [-0.2, -0.15) is 0 Å². The van der Waals surface area contributed by atoms with Crippen LogP contribution in [0.3, 0.4) is 0 Å². The van der Waals surface area contributed by atoms with Gasteiger partial charge in [-0.1, -0.05) is 12.1 Å². The first kappa shape index (κ1) is 20.3. The van der Waals surface area contributed by atoms with Crippen molar-refractivity contribution in [3.05, 3.63) is 24.3 Å². The molecular formula is C21H27F3N2O3. The first-order chi connectivity index (χ1) is 13.8. The average molecular weight is 412 g/mol. The number of piperidine rings is 1. The largest absolute Gasteiger partial charge is 0.573 e. The summed E-state index contributed by atoms with van der Waals surface area (Å²) in [7, 11) is 0. The van der Waals surface area contributed by atoms with Crippen LogP contribution in [-0.2, 0) is 4.79 Å². The molecule has 1 aromatic carbocycles. The second kappa shape index (κ2) is 7.70. The lowest BCUT2D eigenvalue weighted by atomic mass is 9.78. The highest BCUT2D eigenvalue weighted by Gasteiger charge is 2.51. The molecule has 0 radical (unpaired) electrons. The van der Waals surface area contributed by atoms with Crippen LogP contribution in [0.15, 0.2) is 24.3 Å². The Hall–Kier alpha value is -1.96. The molecule has 1 N–H and O–H groups in total. The molecule has 1 aromatic rings. The Labute approximate surface area is 168 Å². The Balaban J connectivity index is 1.51. The number of rotatable bonds is 3. The highest BCUT2D eigenvalue weighted by molar-refractivity contribution is 5.86. The van der Waals surface area contributed by atoms with Crippen molar-refractivity contribution in [1.29, 1.82) is 0 Å². The van der Waals surface area contributed by atoms with Crippen molar-refractivity contribution in [2.75, 3.05) is 24.5 Å². The summed E-state index contributed by atoms with van der Waals surface area (Å²) in [5, 5.41) is 9.74. The summed E-state index contributed by atoms with van der Waals surface area (Å²) in [4.78, 5) is 17.2. The summed E-state index contributed by atoms with van der Waals surface area (Å²) < 4.78 is 42.7. The zero-order valence-electron chi connectivity index (χ0n) is 16.3. The number of carbonyl (C=O) groups excluding carboxylic acids is 1. The fourth-order valence-electron chi connectivity index (χ4n) is 5.21. The number of amides is 1. The number of hydrogen-bond donors (Lipinski definition) is 1. The normalized spacial score (nSPS) is 30.8. The molecule has 3 aliphatic rings. The maximum absolute atomic E-state index is 13.4. The van der Waals surface area contributed by atoms with E-state index >= 15 is 0 Å². The molecule has 3 fully saturated rings. The predicted molar refractivity (Wildman–Crippen MR) is 102 cm³/mol.